The molecule has 0 atom stereocenters. The first-order chi connectivity index (χ1) is 13.3. The number of ether oxygens (including phenoxy) is 1. The molecule has 0 unspecified atom stereocenters. The molecule has 0 saturated heterocycles. The maximum absolute atomic E-state index is 14.0. The highest BCUT2D eigenvalue weighted by Crippen LogP contribution is 2.22. The van der Waals surface area contributed by atoms with Crippen LogP contribution in [0.2, 0.25) is 0 Å². The molecule has 6 nitrogen and oxygen atoms in total. The van der Waals surface area contributed by atoms with E-state index >= 15 is 0 Å². The third-order valence-electron chi connectivity index (χ3n) is 4.18. The van der Waals surface area contributed by atoms with Gasteiger partial charge in [-0.1, -0.05) is 56.2 Å². The molecule has 2 rings (SSSR count). The highest BCUT2D eigenvalue weighted by molar-refractivity contribution is 5.78. The van der Waals surface area contributed by atoms with Gasteiger partial charge in [-0.15, -0.1) is 0 Å². The number of carbonyl (C=O) groups is 1. The number of benzene rings is 2. The van der Waals surface area contributed by atoms with Gasteiger partial charge in [-0.05, 0) is 39.8 Å². The summed E-state index contributed by atoms with van der Waals surface area (Å²) in [6.45, 7) is 7.09. The molecule has 0 aromatic heterocycles. The fourth-order valence-corrected chi connectivity index (χ4v) is 2.58. The predicted octanol–water partition coefficient (Wildman–Crippen LogP) is 4.67. The summed E-state index contributed by atoms with van der Waals surface area (Å²) in [7, 11) is 0. The van der Waals surface area contributed by atoms with Gasteiger partial charge in [-0.2, -0.15) is 0 Å². The number of nitrogens with zero attached hydrogens (tertiary/aromatic N) is 3. The Morgan fingerprint density at radius 3 is 2.46 bits per heavy atom. The third kappa shape index (κ3) is 6.59. The summed E-state index contributed by atoms with van der Waals surface area (Å²) >= 11 is 0. The van der Waals surface area contributed by atoms with Crippen molar-refractivity contribution in [2.75, 3.05) is 13.2 Å². The van der Waals surface area contributed by atoms with Gasteiger partial charge in [-0.3, -0.25) is 4.79 Å². The second-order valence-electron chi connectivity index (χ2n) is 7.47. The normalized spacial score (nSPS) is 10.9. The number of halogens is 1. The zero-order chi connectivity index (χ0) is 20.6. The summed E-state index contributed by atoms with van der Waals surface area (Å²) in [5, 5.41) is 6.16. The first-order valence-corrected chi connectivity index (χ1v) is 9.08. The number of amides is 1. The minimum Gasteiger partial charge on any atom is -0.490 e. The summed E-state index contributed by atoms with van der Waals surface area (Å²) < 4.78 is 19.2. The van der Waals surface area contributed by atoms with Crippen LogP contribution in [0, 0.1) is 5.82 Å². The van der Waals surface area contributed by atoms with Gasteiger partial charge < -0.3 is 10.1 Å². The minimum atomic E-state index is -0.552. The summed E-state index contributed by atoms with van der Waals surface area (Å²) in [6.07, 6.45) is 0.0794. The molecule has 2 aromatic rings. The van der Waals surface area contributed by atoms with Crippen molar-refractivity contribution < 1.29 is 13.9 Å². The predicted molar refractivity (Wildman–Crippen MR) is 107 cm³/mol. The van der Waals surface area contributed by atoms with Crippen LogP contribution in [0.4, 0.5) is 4.39 Å². The van der Waals surface area contributed by atoms with Crippen LogP contribution in [0.25, 0.3) is 10.4 Å². The van der Waals surface area contributed by atoms with E-state index in [4.69, 9.17) is 10.3 Å². The molecule has 28 heavy (non-hydrogen) atoms. The first-order valence-electron chi connectivity index (χ1n) is 9.08. The molecule has 1 N–H and O–H groups in total. The SMILES string of the molecule is CC(C)(C)c1ccc(CNC(=O)Cc2ccc(OCCN=[N+]=[N-])c(F)c2)cc1. The van der Waals surface area contributed by atoms with Crippen molar-refractivity contribution in [1.29, 1.82) is 0 Å². The van der Waals surface area contributed by atoms with Crippen molar-refractivity contribution in [1.82, 2.24) is 5.32 Å². The lowest BCUT2D eigenvalue weighted by Gasteiger charge is -2.19. The molecule has 0 saturated carbocycles. The van der Waals surface area contributed by atoms with E-state index in [9.17, 15) is 9.18 Å². The van der Waals surface area contributed by atoms with E-state index in [1.54, 1.807) is 6.07 Å². The molecule has 0 spiro atoms. The van der Waals surface area contributed by atoms with Crippen molar-refractivity contribution in [2.45, 2.75) is 39.2 Å². The van der Waals surface area contributed by atoms with Gasteiger partial charge in [0.15, 0.2) is 11.6 Å². The average molecular weight is 384 g/mol. The van der Waals surface area contributed by atoms with Gasteiger partial charge in [0.25, 0.3) is 0 Å². The Balaban J connectivity index is 1.85. The van der Waals surface area contributed by atoms with Crippen molar-refractivity contribution in [3.63, 3.8) is 0 Å². The number of azide groups is 1. The molecular formula is C21H25FN4O2. The van der Waals surface area contributed by atoms with Gasteiger partial charge in [0, 0.05) is 11.5 Å². The smallest absolute Gasteiger partial charge is 0.224 e. The Hall–Kier alpha value is -3.05. The molecule has 0 fully saturated rings. The van der Waals surface area contributed by atoms with E-state index in [0.29, 0.717) is 12.1 Å². The number of hydrogen-bond acceptors (Lipinski definition) is 3. The molecule has 0 aliphatic rings. The molecule has 0 aliphatic carbocycles. The molecule has 7 heteroatoms. The van der Waals surface area contributed by atoms with Crippen LogP contribution in [0.5, 0.6) is 5.75 Å². The van der Waals surface area contributed by atoms with E-state index in [1.165, 1.54) is 17.7 Å². The maximum atomic E-state index is 14.0. The molecule has 2 aromatic carbocycles. The largest absolute Gasteiger partial charge is 0.490 e. The first kappa shape index (κ1) is 21.3. The monoisotopic (exact) mass is 384 g/mol. The van der Waals surface area contributed by atoms with Crippen LogP contribution < -0.4 is 10.1 Å². The third-order valence-corrected chi connectivity index (χ3v) is 4.18. The zero-order valence-electron chi connectivity index (χ0n) is 16.4. The zero-order valence-corrected chi connectivity index (χ0v) is 16.4. The summed E-state index contributed by atoms with van der Waals surface area (Å²) in [5.41, 5.74) is 11.1. The fraction of sp³-hybridized carbons (Fsp3) is 0.381. The van der Waals surface area contributed by atoms with Gasteiger partial charge >= 0.3 is 0 Å². The van der Waals surface area contributed by atoms with E-state index < -0.39 is 5.82 Å². The Morgan fingerprint density at radius 1 is 1.18 bits per heavy atom. The molecule has 148 valence electrons. The van der Waals surface area contributed by atoms with Crippen LogP contribution in [0.1, 0.15) is 37.5 Å². The summed E-state index contributed by atoms with van der Waals surface area (Å²) in [4.78, 5) is 14.7. The Kier molecular flexibility index (Phi) is 7.41. The number of rotatable bonds is 8. The lowest BCUT2D eigenvalue weighted by molar-refractivity contribution is -0.120. The number of carbonyl (C=O) groups excluding carboxylic acids is 1. The summed E-state index contributed by atoms with van der Waals surface area (Å²) in [6, 6.07) is 12.5. The van der Waals surface area contributed by atoms with Gasteiger partial charge in [0.05, 0.1) is 19.6 Å². The molecule has 0 aliphatic heterocycles. The Morgan fingerprint density at radius 2 is 1.86 bits per heavy atom. The average Bonchev–Trinajstić information content (AvgIpc) is 2.64. The lowest BCUT2D eigenvalue weighted by Crippen LogP contribution is -2.24. The van der Waals surface area contributed by atoms with Crippen molar-refractivity contribution >= 4 is 5.91 Å². The molecule has 0 heterocycles. The summed E-state index contributed by atoms with van der Waals surface area (Å²) in [5.74, 6) is -0.670. The van der Waals surface area contributed by atoms with Crippen LogP contribution >= 0.6 is 0 Å². The molecule has 1 amide bonds. The highest BCUT2D eigenvalue weighted by atomic mass is 19.1. The fourth-order valence-electron chi connectivity index (χ4n) is 2.58. The Labute approximate surface area is 164 Å². The number of nitrogens with one attached hydrogen (secondary N) is 1. The van der Waals surface area contributed by atoms with Crippen molar-refractivity contribution in [3.05, 3.63) is 75.4 Å². The highest BCUT2D eigenvalue weighted by Gasteiger charge is 2.13. The lowest BCUT2D eigenvalue weighted by atomic mass is 9.87. The number of hydrogen-bond donors (Lipinski definition) is 1. The van der Waals surface area contributed by atoms with E-state index in [2.05, 4.69) is 48.2 Å². The van der Waals surface area contributed by atoms with E-state index in [-0.39, 0.29) is 36.6 Å². The van der Waals surface area contributed by atoms with Crippen LogP contribution in [-0.2, 0) is 23.2 Å². The second-order valence-corrected chi connectivity index (χ2v) is 7.47. The minimum absolute atomic E-state index is 0.0660. The van der Waals surface area contributed by atoms with Gasteiger partial charge in [0.2, 0.25) is 5.91 Å². The van der Waals surface area contributed by atoms with Crippen molar-refractivity contribution in [2.24, 2.45) is 5.11 Å². The van der Waals surface area contributed by atoms with Gasteiger partial charge in [-0.25, -0.2) is 4.39 Å². The van der Waals surface area contributed by atoms with Crippen LogP contribution in [0.3, 0.4) is 0 Å². The maximum Gasteiger partial charge on any atom is 0.224 e. The molecule has 0 radical (unpaired) electrons. The van der Waals surface area contributed by atoms with Crippen molar-refractivity contribution in [3.8, 4) is 5.75 Å². The van der Waals surface area contributed by atoms with E-state index in [1.807, 2.05) is 12.1 Å². The molecular weight excluding hydrogens is 359 g/mol. The van der Waals surface area contributed by atoms with Crippen LogP contribution in [0.15, 0.2) is 47.6 Å². The topological polar surface area (TPSA) is 87.1 Å². The standard InChI is InChI=1S/C21H25FN4O2/c1-21(2,3)17-7-4-15(5-8-17)14-24-20(27)13-16-6-9-19(18(22)12-16)28-11-10-25-26-23/h4-9,12H,10-11,13-14H2,1-3H3,(H,24,27). The molecule has 0 bridgehead atoms. The van der Waals surface area contributed by atoms with Gasteiger partial charge in [0.1, 0.15) is 0 Å². The van der Waals surface area contributed by atoms with Crippen LogP contribution in [-0.4, -0.2) is 19.1 Å². The Bertz CT molecular complexity index is 854. The second kappa shape index (κ2) is 9.76. The quantitative estimate of drug-likeness (QED) is 0.310. The van der Waals surface area contributed by atoms with E-state index in [0.717, 1.165) is 5.56 Å².